The standard InChI is InChI=1S/C21H13N3OS/c25-20-18(13-16-11-6-10-14-7-4-5-12-17(14)16)26-21-22-19(23-24(20)21)15-8-2-1-3-9-15/h1-13H/b18-13+. The summed E-state index contributed by atoms with van der Waals surface area (Å²) >= 11 is 1.36. The SMILES string of the molecule is O=c1/c(=C\c2cccc3ccccc23)sc2nc(-c3ccccc3)nn12. The average Bonchev–Trinajstić information content (AvgIpc) is 3.23. The third kappa shape index (κ3) is 2.41. The quantitative estimate of drug-likeness (QED) is 0.487. The van der Waals surface area contributed by atoms with Crippen molar-refractivity contribution in [1.82, 2.24) is 14.6 Å². The van der Waals surface area contributed by atoms with Crippen LogP contribution in [-0.2, 0) is 0 Å². The minimum Gasteiger partial charge on any atom is -0.266 e. The Morgan fingerprint density at radius 1 is 0.885 bits per heavy atom. The van der Waals surface area contributed by atoms with Gasteiger partial charge < -0.3 is 0 Å². The molecule has 0 N–H and O–H groups in total. The molecule has 0 radical (unpaired) electrons. The van der Waals surface area contributed by atoms with Crippen molar-refractivity contribution in [3.8, 4) is 11.4 Å². The summed E-state index contributed by atoms with van der Waals surface area (Å²) in [6.07, 6.45) is 1.92. The lowest BCUT2D eigenvalue weighted by Gasteiger charge is -2.00. The molecule has 0 atom stereocenters. The van der Waals surface area contributed by atoms with E-state index in [1.165, 1.54) is 15.9 Å². The molecule has 3 aromatic carbocycles. The number of rotatable bonds is 2. The fourth-order valence-corrected chi connectivity index (χ4v) is 3.96. The van der Waals surface area contributed by atoms with E-state index in [4.69, 9.17) is 0 Å². The van der Waals surface area contributed by atoms with E-state index in [1.807, 2.05) is 60.7 Å². The van der Waals surface area contributed by atoms with Gasteiger partial charge in [-0.1, -0.05) is 84.1 Å². The van der Waals surface area contributed by atoms with Crippen LogP contribution in [0.1, 0.15) is 5.56 Å². The molecule has 2 aromatic heterocycles. The van der Waals surface area contributed by atoms with Gasteiger partial charge in [0, 0.05) is 5.56 Å². The third-order valence-electron chi connectivity index (χ3n) is 4.32. The van der Waals surface area contributed by atoms with Crippen molar-refractivity contribution in [3.63, 3.8) is 0 Å². The maximum Gasteiger partial charge on any atom is 0.291 e. The summed E-state index contributed by atoms with van der Waals surface area (Å²) in [5.41, 5.74) is 1.79. The Labute approximate surface area is 152 Å². The first-order chi connectivity index (χ1) is 12.8. The van der Waals surface area contributed by atoms with Gasteiger partial charge in [0.1, 0.15) is 0 Å². The molecule has 0 unspecified atom stereocenters. The van der Waals surface area contributed by atoms with E-state index in [0.717, 1.165) is 21.9 Å². The van der Waals surface area contributed by atoms with Crippen LogP contribution >= 0.6 is 11.3 Å². The number of hydrogen-bond donors (Lipinski definition) is 0. The molecule has 0 aliphatic rings. The largest absolute Gasteiger partial charge is 0.291 e. The zero-order chi connectivity index (χ0) is 17.5. The van der Waals surface area contributed by atoms with Gasteiger partial charge in [0.25, 0.3) is 5.56 Å². The minimum absolute atomic E-state index is 0.132. The molecule has 2 heterocycles. The molecule has 0 aliphatic heterocycles. The average molecular weight is 355 g/mol. The first-order valence-electron chi connectivity index (χ1n) is 8.24. The molecule has 0 saturated heterocycles. The molecule has 26 heavy (non-hydrogen) atoms. The molecule has 5 aromatic rings. The second-order valence-electron chi connectivity index (χ2n) is 5.98. The molecule has 5 heteroatoms. The normalized spacial score (nSPS) is 12.2. The van der Waals surface area contributed by atoms with Crippen LogP contribution in [0.3, 0.4) is 0 Å². The summed E-state index contributed by atoms with van der Waals surface area (Å²) in [4.78, 5) is 17.9. The first kappa shape index (κ1) is 15.0. The fraction of sp³-hybridized carbons (Fsp3) is 0. The van der Waals surface area contributed by atoms with Gasteiger partial charge in [-0.05, 0) is 22.4 Å². The maximum atomic E-state index is 12.8. The highest BCUT2D eigenvalue weighted by molar-refractivity contribution is 7.15. The van der Waals surface area contributed by atoms with E-state index in [2.05, 4.69) is 28.3 Å². The lowest BCUT2D eigenvalue weighted by Crippen LogP contribution is -2.23. The molecular formula is C21H13N3OS. The van der Waals surface area contributed by atoms with Crippen molar-refractivity contribution in [3.05, 3.63) is 93.2 Å². The van der Waals surface area contributed by atoms with Gasteiger partial charge >= 0.3 is 0 Å². The number of fused-ring (bicyclic) bond motifs is 2. The van der Waals surface area contributed by atoms with Crippen molar-refractivity contribution >= 4 is 33.1 Å². The van der Waals surface area contributed by atoms with E-state index >= 15 is 0 Å². The van der Waals surface area contributed by atoms with E-state index in [0.29, 0.717) is 15.3 Å². The van der Waals surface area contributed by atoms with Crippen molar-refractivity contribution in [2.24, 2.45) is 0 Å². The van der Waals surface area contributed by atoms with E-state index in [9.17, 15) is 4.79 Å². The molecule has 0 bridgehead atoms. The Hall–Kier alpha value is -3.31. The summed E-state index contributed by atoms with van der Waals surface area (Å²) in [7, 11) is 0. The monoisotopic (exact) mass is 355 g/mol. The highest BCUT2D eigenvalue weighted by Crippen LogP contribution is 2.19. The number of benzene rings is 3. The minimum atomic E-state index is -0.132. The molecule has 0 spiro atoms. The predicted octanol–water partition coefficient (Wildman–Crippen LogP) is 3.52. The second kappa shape index (κ2) is 5.89. The van der Waals surface area contributed by atoms with E-state index in [-0.39, 0.29) is 5.56 Å². The van der Waals surface area contributed by atoms with Crippen molar-refractivity contribution in [2.45, 2.75) is 0 Å². The van der Waals surface area contributed by atoms with Crippen LogP contribution in [0.25, 0.3) is 33.2 Å². The van der Waals surface area contributed by atoms with Crippen LogP contribution in [0.15, 0.2) is 77.6 Å². The fourth-order valence-electron chi connectivity index (χ4n) is 3.06. The van der Waals surface area contributed by atoms with Crippen LogP contribution in [0, 0.1) is 0 Å². The van der Waals surface area contributed by atoms with E-state index in [1.54, 1.807) is 0 Å². The molecule has 0 saturated carbocycles. The van der Waals surface area contributed by atoms with Crippen molar-refractivity contribution in [1.29, 1.82) is 0 Å². The number of hydrogen-bond acceptors (Lipinski definition) is 4. The molecule has 0 aliphatic carbocycles. The van der Waals surface area contributed by atoms with Gasteiger partial charge in [-0.3, -0.25) is 4.79 Å². The van der Waals surface area contributed by atoms with Gasteiger partial charge in [0.15, 0.2) is 5.82 Å². The predicted molar refractivity (Wildman–Crippen MR) is 105 cm³/mol. The summed E-state index contributed by atoms with van der Waals surface area (Å²) in [5.74, 6) is 0.575. The summed E-state index contributed by atoms with van der Waals surface area (Å²) in [5, 5.41) is 6.67. The molecule has 0 fully saturated rings. The summed E-state index contributed by atoms with van der Waals surface area (Å²) in [6.45, 7) is 0. The van der Waals surface area contributed by atoms with Gasteiger partial charge in [-0.25, -0.2) is 0 Å². The Morgan fingerprint density at radius 3 is 2.50 bits per heavy atom. The van der Waals surface area contributed by atoms with Gasteiger partial charge in [-0.15, -0.1) is 5.10 Å². The zero-order valence-corrected chi connectivity index (χ0v) is 14.5. The summed E-state index contributed by atoms with van der Waals surface area (Å²) < 4.78 is 2.03. The molecular weight excluding hydrogens is 342 g/mol. The highest BCUT2D eigenvalue weighted by Gasteiger charge is 2.11. The highest BCUT2D eigenvalue weighted by atomic mass is 32.1. The molecule has 0 amide bonds. The smallest absolute Gasteiger partial charge is 0.266 e. The van der Waals surface area contributed by atoms with E-state index < -0.39 is 0 Å². The lowest BCUT2D eigenvalue weighted by molar-refractivity contribution is 0.937. The van der Waals surface area contributed by atoms with Crippen LogP contribution in [0.2, 0.25) is 0 Å². The Morgan fingerprint density at radius 2 is 1.65 bits per heavy atom. The van der Waals surface area contributed by atoms with Gasteiger partial charge in [0.05, 0.1) is 4.53 Å². The first-order valence-corrected chi connectivity index (χ1v) is 9.06. The third-order valence-corrected chi connectivity index (χ3v) is 5.28. The second-order valence-corrected chi connectivity index (χ2v) is 6.99. The van der Waals surface area contributed by atoms with Gasteiger partial charge in [0.2, 0.25) is 4.96 Å². The molecule has 5 rings (SSSR count). The zero-order valence-electron chi connectivity index (χ0n) is 13.7. The van der Waals surface area contributed by atoms with Crippen LogP contribution in [0.5, 0.6) is 0 Å². The summed E-state index contributed by atoms with van der Waals surface area (Å²) in [6, 6.07) is 23.9. The topological polar surface area (TPSA) is 47.3 Å². The molecule has 4 nitrogen and oxygen atoms in total. The molecule has 124 valence electrons. The van der Waals surface area contributed by atoms with Crippen LogP contribution in [-0.4, -0.2) is 14.6 Å². The Kier molecular flexibility index (Phi) is 3.40. The lowest BCUT2D eigenvalue weighted by atomic mass is 10.0. The number of thiazole rings is 1. The van der Waals surface area contributed by atoms with Crippen LogP contribution in [0.4, 0.5) is 0 Å². The Bertz CT molecular complexity index is 1350. The van der Waals surface area contributed by atoms with Gasteiger partial charge in [-0.2, -0.15) is 9.50 Å². The number of aromatic nitrogens is 3. The number of nitrogens with zero attached hydrogens (tertiary/aromatic N) is 3. The Balaban J connectivity index is 1.68. The van der Waals surface area contributed by atoms with Crippen LogP contribution < -0.4 is 10.1 Å². The van der Waals surface area contributed by atoms with Crippen molar-refractivity contribution < 1.29 is 0 Å². The van der Waals surface area contributed by atoms with Crippen molar-refractivity contribution in [2.75, 3.05) is 0 Å². The maximum absolute atomic E-state index is 12.8.